The van der Waals surface area contributed by atoms with Crippen LogP contribution >= 0.6 is 11.8 Å². The van der Waals surface area contributed by atoms with Gasteiger partial charge in [-0.05, 0) is 31.6 Å². The van der Waals surface area contributed by atoms with Crippen LogP contribution < -0.4 is 4.74 Å². The molecule has 3 nitrogen and oxygen atoms in total. The van der Waals surface area contributed by atoms with Crippen LogP contribution in [0.15, 0.2) is 18.5 Å². The zero-order valence-electron chi connectivity index (χ0n) is 9.53. The number of methoxy groups -OCH3 is 1. The van der Waals surface area contributed by atoms with Crippen molar-refractivity contribution in [3.8, 4) is 5.75 Å². The average Bonchev–Trinajstić information content (AvgIpc) is 2.76. The Kier molecular flexibility index (Phi) is 3.19. The van der Waals surface area contributed by atoms with Gasteiger partial charge in [0.1, 0.15) is 5.75 Å². The normalized spacial score (nSPS) is 24.4. The highest BCUT2D eigenvalue weighted by atomic mass is 32.2. The molecule has 1 atom stereocenters. The fourth-order valence-corrected chi connectivity index (χ4v) is 3.19. The molecule has 2 heterocycles. The topological polar surface area (TPSA) is 39.2 Å². The summed E-state index contributed by atoms with van der Waals surface area (Å²) in [6.45, 7) is 2.02. The minimum atomic E-state index is -0.270. The molecule has 0 saturated carbocycles. The molecular formula is C12H15NO2S. The number of aromatic nitrogens is 1. The highest BCUT2D eigenvalue weighted by molar-refractivity contribution is 8.01. The van der Waals surface area contributed by atoms with Gasteiger partial charge in [-0.25, -0.2) is 0 Å². The van der Waals surface area contributed by atoms with Crippen LogP contribution in [0.4, 0.5) is 0 Å². The van der Waals surface area contributed by atoms with Crippen LogP contribution in [0.25, 0.3) is 0 Å². The first-order valence-corrected chi connectivity index (χ1v) is 6.32. The molecule has 0 amide bonds. The SMILES string of the molecule is COc1cncc(C(=O)C2(C)CCCS2)c1. The van der Waals surface area contributed by atoms with Crippen LogP contribution in [-0.4, -0.2) is 28.4 Å². The second-order valence-electron chi connectivity index (χ2n) is 4.13. The summed E-state index contributed by atoms with van der Waals surface area (Å²) in [6, 6.07) is 1.76. The average molecular weight is 237 g/mol. The smallest absolute Gasteiger partial charge is 0.180 e. The quantitative estimate of drug-likeness (QED) is 0.757. The van der Waals surface area contributed by atoms with Crippen molar-refractivity contribution in [1.29, 1.82) is 0 Å². The molecule has 86 valence electrons. The Morgan fingerprint density at radius 2 is 2.38 bits per heavy atom. The summed E-state index contributed by atoms with van der Waals surface area (Å²) in [6.07, 6.45) is 5.30. The Morgan fingerprint density at radius 3 is 3.00 bits per heavy atom. The Morgan fingerprint density at radius 1 is 1.56 bits per heavy atom. The molecule has 4 heteroatoms. The van der Waals surface area contributed by atoms with Crippen molar-refractivity contribution in [2.45, 2.75) is 24.5 Å². The molecule has 0 aromatic carbocycles. The van der Waals surface area contributed by atoms with Gasteiger partial charge in [0, 0.05) is 11.8 Å². The predicted molar refractivity (Wildman–Crippen MR) is 65.2 cm³/mol. The molecule has 1 aromatic heterocycles. The van der Waals surface area contributed by atoms with Gasteiger partial charge in [0.05, 0.1) is 18.1 Å². The summed E-state index contributed by atoms with van der Waals surface area (Å²) in [5, 5.41) is 0. The van der Waals surface area contributed by atoms with E-state index in [1.807, 2.05) is 6.92 Å². The van der Waals surface area contributed by atoms with Gasteiger partial charge in [-0.15, -0.1) is 11.8 Å². The van der Waals surface area contributed by atoms with Gasteiger partial charge in [-0.1, -0.05) is 0 Å². The summed E-state index contributed by atoms with van der Waals surface area (Å²) in [4.78, 5) is 16.3. The van der Waals surface area contributed by atoms with Gasteiger partial charge in [0.2, 0.25) is 0 Å². The first kappa shape index (κ1) is 11.5. The van der Waals surface area contributed by atoms with Crippen LogP contribution in [0.5, 0.6) is 5.75 Å². The number of Topliss-reactive ketones (excluding diaryl/α,β-unsaturated/α-hetero) is 1. The van der Waals surface area contributed by atoms with E-state index in [2.05, 4.69) is 4.98 Å². The summed E-state index contributed by atoms with van der Waals surface area (Å²) >= 11 is 1.74. The van der Waals surface area contributed by atoms with Crippen molar-refractivity contribution in [2.24, 2.45) is 0 Å². The van der Waals surface area contributed by atoms with Crippen LogP contribution in [0.2, 0.25) is 0 Å². The molecule has 1 saturated heterocycles. The second-order valence-corrected chi connectivity index (χ2v) is 5.72. The number of thioether (sulfide) groups is 1. The maximum atomic E-state index is 12.3. The van der Waals surface area contributed by atoms with Gasteiger partial charge in [0.15, 0.2) is 5.78 Å². The van der Waals surface area contributed by atoms with Crippen molar-refractivity contribution in [1.82, 2.24) is 4.98 Å². The highest BCUT2D eigenvalue weighted by Gasteiger charge is 2.37. The Hall–Kier alpha value is -1.03. The van der Waals surface area contributed by atoms with Gasteiger partial charge in [-0.2, -0.15) is 0 Å². The summed E-state index contributed by atoms with van der Waals surface area (Å²) < 4.78 is 4.81. The molecule has 1 aliphatic rings. The van der Waals surface area contributed by atoms with E-state index in [-0.39, 0.29) is 10.5 Å². The van der Waals surface area contributed by atoms with E-state index in [0.29, 0.717) is 11.3 Å². The van der Waals surface area contributed by atoms with E-state index in [1.54, 1.807) is 37.3 Å². The largest absolute Gasteiger partial charge is 0.495 e. The van der Waals surface area contributed by atoms with E-state index in [1.165, 1.54) is 0 Å². The number of ketones is 1. The molecule has 1 unspecified atom stereocenters. The first-order valence-electron chi connectivity index (χ1n) is 5.33. The van der Waals surface area contributed by atoms with E-state index in [0.717, 1.165) is 18.6 Å². The van der Waals surface area contributed by atoms with Crippen LogP contribution in [-0.2, 0) is 0 Å². The zero-order valence-corrected chi connectivity index (χ0v) is 10.3. The molecule has 0 radical (unpaired) electrons. The molecule has 1 fully saturated rings. The third-order valence-electron chi connectivity index (χ3n) is 2.91. The molecule has 0 aliphatic carbocycles. The lowest BCUT2D eigenvalue weighted by atomic mass is 9.95. The lowest BCUT2D eigenvalue weighted by Crippen LogP contribution is -2.28. The molecule has 1 aromatic rings. The van der Waals surface area contributed by atoms with Gasteiger partial charge in [0.25, 0.3) is 0 Å². The van der Waals surface area contributed by atoms with Crippen LogP contribution in [0.1, 0.15) is 30.1 Å². The van der Waals surface area contributed by atoms with E-state index in [4.69, 9.17) is 4.74 Å². The number of hydrogen-bond donors (Lipinski definition) is 0. The number of carbonyl (C=O) groups is 1. The van der Waals surface area contributed by atoms with Crippen molar-refractivity contribution in [3.05, 3.63) is 24.0 Å². The summed E-state index contributed by atoms with van der Waals surface area (Å²) in [5.74, 6) is 1.87. The zero-order chi connectivity index (χ0) is 11.6. The maximum absolute atomic E-state index is 12.3. The van der Waals surface area contributed by atoms with Gasteiger partial charge < -0.3 is 4.74 Å². The monoisotopic (exact) mass is 237 g/mol. The third kappa shape index (κ3) is 2.07. The van der Waals surface area contributed by atoms with E-state index < -0.39 is 0 Å². The molecule has 16 heavy (non-hydrogen) atoms. The lowest BCUT2D eigenvalue weighted by Gasteiger charge is -2.20. The number of hydrogen-bond acceptors (Lipinski definition) is 4. The standard InChI is InChI=1S/C12H15NO2S/c1-12(4-3-5-16-12)11(14)9-6-10(15-2)8-13-7-9/h6-8H,3-5H2,1-2H3. The minimum Gasteiger partial charge on any atom is -0.495 e. The summed E-state index contributed by atoms with van der Waals surface area (Å²) in [7, 11) is 1.58. The van der Waals surface area contributed by atoms with Crippen molar-refractivity contribution >= 4 is 17.5 Å². The Balaban J connectivity index is 2.26. The maximum Gasteiger partial charge on any atom is 0.180 e. The number of carbonyl (C=O) groups excluding carboxylic acids is 1. The lowest BCUT2D eigenvalue weighted by molar-refractivity contribution is 0.0948. The van der Waals surface area contributed by atoms with E-state index >= 15 is 0 Å². The molecule has 0 N–H and O–H groups in total. The molecule has 0 bridgehead atoms. The number of pyridine rings is 1. The highest BCUT2D eigenvalue weighted by Crippen LogP contribution is 2.40. The molecule has 0 spiro atoms. The fraction of sp³-hybridized carbons (Fsp3) is 0.500. The van der Waals surface area contributed by atoms with Crippen molar-refractivity contribution in [3.63, 3.8) is 0 Å². The Bertz CT molecular complexity index is 400. The van der Waals surface area contributed by atoms with Crippen LogP contribution in [0.3, 0.4) is 0 Å². The molecule has 1 aliphatic heterocycles. The van der Waals surface area contributed by atoms with Gasteiger partial charge in [-0.3, -0.25) is 9.78 Å². The number of ether oxygens (including phenoxy) is 1. The molecule has 2 rings (SSSR count). The fourth-order valence-electron chi connectivity index (χ4n) is 1.92. The predicted octanol–water partition coefficient (Wildman–Crippen LogP) is 2.56. The van der Waals surface area contributed by atoms with E-state index in [9.17, 15) is 4.79 Å². The number of nitrogens with zero attached hydrogens (tertiary/aromatic N) is 1. The third-order valence-corrected chi connectivity index (χ3v) is 4.43. The second kappa shape index (κ2) is 4.45. The minimum absolute atomic E-state index is 0.168. The van der Waals surface area contributed by atoms with Gasteiger partial charge >= 0.3 is 0 Å². The van der Waals surface area contributed by atoms with Crippen molar-refractivity contribution < 1.29 is 9.53 Å². The first-order chi connectivity index (χ1) is 7.65. The van der Waals surface area contributed by atoms with Crippen LogP contribution in [0, 0.1) is 0 Å². The number of rotatable bonds is 3. The summed E-state index contributed by atoms with van der Waals surface area (Å²) in [5.41, 5.74) is 0.649. The molecular weight excluding hydrogens is 222 g/mol. The van der Waals surface area contributed by atoms with Crippen molar-refractivity contribution in [2.75, 3.05) is 12.9 Å². The Labute approximate surface area is 99.6 Å².